The predicted molar refractivity (Wildman–Crippen MR) is 133 cm³/mol. The van der Waals surface area contributed by atoms with Crippen LogP contribution in [0.5, 0.6) is 0 Å². The highest BCUT2D eigenvalue weighted by molar-refractivity contribution is 5.93. The Kier molecular flexibility index (Phi) is 16.9. The third kappa shape index (κ3) is 15.3. The molecule has 0 N–H and O–H groups in total. The maximum atomic E-state index is 11.5. The number of ether oxygens (including phenoxy) is 2. The molecule has 0 radical (unpaired) electrons. The maximum Gasteiger partial charge on any atom is 0.348 e. The lowest BCUT2D eigenvalue weighted by atomic mass is 10.0. The first-order valence-corrected chi connectivity index (χ1v) is 11.2. The normalized spacial score (nSPS) is 9.89. The van der Waals surface area contributed by atoms with Crippen LogP contribution < -0.4 is 0 Å². The average Bonchev–Trinajstić information content (AvgIpc) is 2.82. The maximum absolute atomic E-state index is 11.5. The van der Waals surface area contributed by atoms with E-state index in [2.05, 4.69) is 4.74 Å². The van der Waals surface area contributed by atoms with Gasteiger partial charge in [0, 0.05) is 6.42 Å². The lowest BCUT2D eigenvalue weighted by Gasteiger charge is -2.05. The molecule has 2 aromatic rings. The summed E-state index contributed by atoms with van der Waals surface area (Å²) in [5.41, 5.74) is 3.00. The minimum atomic E-state index is -0.538. The van der Waals surface area contributed by atoms with E-state index in [0.29, 0.717) is 19.4 Å². The number of ketones is 1. The van der Waals surface area contributed by atoms with Crippen LogP contribution in [0.15, 0.2) is 71.8 Å². The van der Waals surface area contributed by atoms with E-state index in [1.165, 1.54) is 0 Å². The Morgan fingerprint density at radius 3 is 1.66 bits per heavy atom. The number of carbonyl (C=O) groups is 3. The van der Waals surface area contributed by atoms with Gasteiger partial charge in [-0.1, -0.05) is 60.7 Å². The SMILES string of the molecule is CC(=O)Cc1ccccc1.CCOC(=O)/C(C#N)=C(\C)Cc1ccccc1.CCOC(=O)CC#N. The molecule has 2 aromatic carbocycles. The number of esters is 2. The molecule has 0 aliphatic heterocycles. The molecule has 0 saturated heterocycles. The fraction of sp³-hybridized carbons (Fsp3) is 0.321. The molecule has 0 fully saturated rings. The Morgan fingerprint density at radius 2 is 1.26 bits per heavy atom. The van der Waals surface area contributed by atoms with Gasteiger partial charge in [0.15, 0.2) is 0 Å². The summed E-state index contributed by atoms with van der Waals surface area (Å²) >= 11 is 0. The number of allylic oxidation sites excluding steroid dienone is 1. The summed E-state index contributed by atoms with van der Waals surface area (Å²) in [6.07, 6.45) is 0.997. The number of rotatable bonds is 8. The van der Waals surface area contributed by atoms with Crippen molar-refractivity contribution in [3.63, 3.8) is 0 Å². The van der Waals surface area contributed by atoms with Crippen molar-refractivity contribution in [2.45, 2.75) is 47.0 Å². The Bertz CT molecular complexity index is 1030. The Labute approximate surface area is 207 Å². The second-order valence-corrected chi connectivity index (χ2v) is 7.15. The summed E-state index contributed by atoms with van der Waals surface area (Å²) < 4.78 is 9.26. The van der Waals surface area contributed by atoms with Crippen molar-refractivity contribution >= 4 is 17.7 Å². The second kappa shape index (κ2) is 19.3. The van der Waals surface area contributed by atoms with Gasteiger partial charge in [0.2, 0.25) is 0 Å². The Morgan fingerprint density at radius 1 is 0.771 bits per heavy atom. The highest BCUT2D eigenvalue weighted by atomic mass is 16.5. The van der Waals surface area contributed by atoms with Crippen molar-refractivity contribution in [1.82, 2.24) is 0 Å². The van der Waals surface area contributed by atoms with E-state index in [-0.39, 0.29) is 24.4 Å². The van der Waals surface area contributed by atoms with Gasteiger partial charge in [0.25, 0.3) is 0 Å². The molecular weight excluding hydrogens is 444 g/mol. The van der Waals surface area contributed by atoms with Crippen molar-refractivity contribution in [3.8, 4) is 12.1 Å². The van der Waals surface area contributed by atoms with Gasteiger partial charge in [0.05, 0.1) is 19.3 Å². The largest absolute Gasteiger partial charge is 0.465 e. The average molecular weight is 477 g/mol. The molecule has 0 heterocycles. The summed E-state index contributed by atoms with van der Waals surface area (Å²) in [5, 5.41) is 16.9. The minimum Gasteiger partial charge on any atom is -0.465 e. The molecule has 0 aliphatic carbocycles. The molecular formula is C28H32N2O5. The molecule has 0 saturated carbocycles. The van der Waals surface area contributed by atoms with Gasteiger partial charge in [-0.3, -0.25) is 9.59 Å². The molecule has 35 heavy (non-hydrogen) atoms. The smallest absolute Gasteiger partial charge is 0.348 e. The Hall–Kier alpha value is -4.23. The van der Waals surface area contributed by atoms with Gasteiger partial charge in [-0.2, -0.15) is 10.5 Å². The Balaban J connectivity index is 0.000000545. The van der Waals surface area contributed by atoms with Crippen LogP contribution in [-0.2, 0) is 36.7 Å². The van der Waals surface area contributed by atoms with Gasteiger partial charge in [-0.05, 0) is 50.8 Å². The standard InChI is InChI=1S/C14H15NO2.C9H10O.C5H7NO2/c1-3-17-14(16)13(10-15)11(2)9-12-7-5-4-6-8-12;1-8(10)7-9-5-3-2-4-6-9;1-2-8-5(7)3-4-6/h4-8H,3,9H2,1-2H3;2-6H,7H2,1H3;2-3H2,1H3/b13-11+;;. The summed E-state index contributed by atoms with van der Waals surface area (Å²) in [6, 6.07) is 23.1. The molecule has 0 aliphatic rings. The minimum absolute atomic E-state index is 0.107. The van der Waals surface area contributed by atoms with Crippen LogP contribution in [0.4, 0.5) is 0 Å². The molecule has 0 atom stereocenters. The number of nitrogens with zero attached hydrogens (tertiary/aromatic N) is 2. The molecule has 0 spiro atoms. The first-order chi connectivity index (χ1) is 16.8. The fourth-order valence-electron chi connectivity index (χ4n) is 2.67. The van der Waals surface area contributed by atoms with Gasteiger partial charge < -0.3 is 9.47 Å². The summed E-state index contributed by atoms with van der Waals surface area (Å²) in [5.74, 6) is -0.773. The fourth-order valence-corrected chi connectivity index (χ4v) is 2.67. The quantitative estimate of drug-likeness (QED) is 0.302. The monoisotopic (exact) mass is 476 g/mol. The van der Waals surface area contributed by atoms with Crippen LogP contribution in [0.25, 0.3) is 0 Å². The van der Waals surface area contributed by atoms with E-state index in [1.54, 1.807) is 33.8 Å². The third-order valence-electron chi connectivity index (χ3n) is 4.15. The first kappa shape index (κ1) is 30.8. The third-order valence-corrected chi connectivity index (χ3v) is 4.15. The molecule has 7 nitrogen and oxygen atoms in total. The van der Waals surface area contributed by atoms with Crippen molar-refractivity contribution in [1.29, 1.82) is 10.5 Å². The van der Waals surface area contributed by atoms with Gasteiger partial charge in [-0.15, -0.1) is 0 Å². The molecule has 7 heteroatoms. The van der Waals surface area contributed by atoms with Crippen LogP contribution in [0.3, 0.4) is 0 Å². The molecule has 2 rings (SSSR count). The second-order valence-electron chi connectivity index (χ2n) is 7.15. The van der Waals surface area contributed by atoms with Gasteiger partial charge in [-0.25, -0.2) is 4.79 Å². The lowest BCUT2D eigenvalue weighted by Crippen LogP contribution is -2.09. The predicted octanol–water partition coefficient (Wildman–Crippen LogP) is 4.91. The molecule has 0 unspecified atom stereocenters. The highest BCUT2D eigenvalue weighted by Gasteiger charge is 2.13. The van der Waals surface area contributed by atoms with Crippen molar-refractivity contribution < 1.29 is 23.9 Å². The van der Waals surface area contributed by atoms with E-state index >= 15 is 0 Å². The van der Waals surface area contributed by atoms with Crippen LogP contribution >= 0.6 is 0 Å². The summed E-state index contributed by atoms with van der Waals surface area (Å²) in [6.45, 7) is 7.44. The van der Waals surface area contributed by atoms with Crippen LogP contribution in [-0.4, -0.2) is 30.9 Å². The van der Waals surface area contributed by atoms with Crippen LogP contribution in [0, 0.1) is 22.7 Å². The van der Waals surface area contributed by atoms with Crippen molar-refractivity contribution in [2.75, 3.05) is 13.2 Å². The van der Waals surface area contributed by atoms with Gasteiger partial charge >= 0.3 is 11.9 Å². The number of hydrogen-bond donors (Lipinski definition) is 0. The van der Waals surface area contributed by atoms with Gasteiger partial charge in [0.1, 0.15) is 23.8 Å². The zero-order valence-corrected chi connectivity index (χ0v) is 20.7. The number of benzene rings is 2. The first-order valence-electron chi connectivity index (χ1n) is 11.2. The zero-order chi connectivity index (χ0) is 26.5. The highest BCUT2D eigenvalue weighted by Crippen LogP contribution is 2.12. The number of nitriles is 2. The summed E-state index contributed by atoms with van der Waals surface area (Å²) in [4.78, 5) is 32.3. The molecule has 0 bridgehead atoms. The summed E-state index contributed by atoms with van der Waals surface area (Å²) in [7, 11) is 0. The molecule has 184 valence electrons. The van der Waals surface area contributed by atoms with E-state index in [9.17, 15) is 14.4 Å². The number of hydrogen-bond acceptors (Lipinski definition) is 7. The molecule has 0 aromatic heterocycles. The molecule has 0 amide bonds. The van der Waals surface area contributed by atoms with Crippen molar-refractivity contribution in [2.24, 2.45) is 0 Å². The van der Waals surface area contributed by atoms with E-state index in [0.717, 1.165) is 16.7 Å². The van der Waals surface area contributed by atoms with E-state index in [4.69, 9.17) is 15.3 Å². The topological polar surface area (TPSA) is 117 Å². The lowest BCUT2D eigenvalue weighted by molar-refractivity contribution is -0.142. The van der Waals surface area contributed by atoms with Crippen molar-refractivity contribution in [3.05, 3.63) is 82.9 Å². The number of Topliss-reactive ketones (excluding diaryl/α,β-unsaturated/α-hetero) is 1. The van der Waals surface area contributed by atoms with E-state index < -0.39 is 11.9 Å². The van der Waals surface area contributed by atoms with E-state index in [1.807, 2.05) is 66.7 Å². The number of carbonyl (C=O) groups excluding carboxylic acids is 3. The van der Waals surface area contributed by atoms with Crippen LogP contribution in [0.2, 0.25) is 0 Å². The van der Waals surface area contributed by atoms with Crippen LogP contribution in [0.1, 0.15) is 45.2 Å². The zero-order valence-electron chi connectivity index (χ0n) is 20.7.